The average Bonchev–Trinajstić information content (AvgIpc) is 2.93. The average molecular weight is 326 g/mol. The van der Waals surface area contributed by atoms with E-state index >= 15 is 0 Å². The molecule has 1 aromatic carbocycles. The summed E-state index contributed by atoms with van der Waals surface area (Å²) in [5.74, 6) is 0.107. The lowest BCUT2D eigenvalue weighted by atomic mass is 10.3. The topological polar surface area (TPSA) is 45.6 Å². The number of carbonyl (C=O) groups excluding carboxylic acids is 1. The Morgan fingerprint density at radius 2 is 2.30 bits per heavy atom. The molecule has 0 N–H and O–H groups in total. The number of hydrogen-bond acceptors (Lipinski definition) is 5. The van der Waals surface area contributed by atoms with Crippen LogP contribution in [0.1, 0.15) is 13.8 Å². The molecule has 1 aliphatic heterocycles. The first-order chi connectivity index (χ1) is 9.60. The number of aromatic nitrogens is 1. The Kier molecular flexibility index (Phi) is 3.70. The number of amidine groups is 1. The van der Waals surface area contributed by atoms with E-state index in [1.54, 1.807) is 4.90 Å². The molecule has 1 fully saturated rings. The number of carbonyl (C=O) groups is 1. The molecule has 0 spiro atoms. The van der Waals surface area contributed by atoms with Gasteiger partial charge in [0.1, 0.15) is 5.52 Å². The number of nitrogens with zero attached hydrogens (tertiary/aromatic N) is 3. The molecule has 7 heteroatoms. The molecule has 1 unspecified atom stereocenters. The van der Waals surface area contributed by atoms with E-state index in [-0.39, 0.29) is 11.2 Å². The van der Waals surface area contributed by atoms with Gasteiger partial charge in [0.15, 0.2) is 5.17 Å². The van der Waals surface area contributed by atoms with E-state index in [1.807, 2.05) is 32.0 Å². The number of hydrogen-bond donors (Lipinski definition) is 0. The fourth-order valence-electron chi connectivity index (χ4n) is 2.00. The summed E-state index contributed by atoms with van der Waals surface area (Å²) in [6.45, 7) is 4.47. The number of halogens is 1. The van der Waals surface area contributed by atoms with Gasteiger partial charge in [0.05, 0.1) is 15.0 Å². The fraction of sp³-hybridized carbons (Fsp3) is 0.308. The number of thioether (sulfide) groups is 1. The van der Waals surface area contributed by atoms with Gasteiger partial charge in [0, 0.05) is 6.54 Å². The smallest absolute Gasteiger partial charge is 0.241 e. The van der Waals surface area contributed by atoms with Crippen molar-refractivity contribution in [1.29, 1.82) is 0 Å². The molecule has 0 bridgehead atoms. The molecule has 1 atom stereocenters. The Morgan fingerprint density at radius 3 is 3.00 bits per heavy atom. The van der Waals surface area contributed by atoms with Gasteiger partial charge in [-0.1, -0.05) is 40.8 Å². The second-order valence-corrected chi connectivity index (χ2v) is 7.04. The van der Waals surface area contributed by atoms with Crippen molar-refractivity contribution in [2.45, 2.75) is 19.1 Å². The largest absolute Gasteiger partial charge is 0.291 e. The highest BCUT2D eigenvalue weighted by atomic mass is 35.5. The first kappa shape index (κ1) is 13.9. The van der Waals surface area contributed by atoms with Gasteiger partial charge in [-0.3, -0.25) is 9.69 Å². The Morgan fingerprint density at radius 1 is 1.50 bits per heavy atom. The minimum Gasteiger partial charge on any atom is -0.291 e. The summed E-state index contributed by atoms with van der Waals surface area (Å²) >= 11 is 9.07. The maximum atomic E-state index is 11.9. The maximum Gasteiger partial charge on any atom is 0.241 e. The monoisotopic (exact) mass is 325 g/mol. The van der Waals surface area contributed by atoms with E-state index in [0.717, 1.165) is 15.4 Å². The quantitative estimate of drug-likeness (QED) is 0.840. The number of fused-ring (bicyclic) bond motifs is 1. The van der Waals surface area contributed by atoms with E-state index in [4.69, 9.17) is 11.6 Å². The highest BCUT2D eigenvalue weighted by Crippen LogP contribution is 2.35. The molecule has 1 aromatic heterocycles. The Bertz CT molecular complexity index is 713. The van der Waals surface area contributed by atoms with Gasteiger partial charge in [-0.05, 0) is 26.0 Å². The molecule has 104 valence electrons. The van der Waals surface area contributed by atoms with E-state index in [9.17, 15) is 4.79 Å². The SMILES string of the molecule is CCN1C(=O)C(C)S/C1=N\c1nc2c(Cl)cccc2s1. The third kappa shape index (κ3) is 2.32. The lowest BCUT2D eigenvalue weighted by Gasteiger charge is -2.11. The Balaban J connectivity index is 2.01. The summed E-state index contributed by atoms with van der Waals surface area (Å²) in [6, 6.07) is 5.68. The minimum absolute atomic E-state index is 0.0772. The van der Waals surface area contributed by atoms with Gasteiger partial charge in [-0.2, -0.15) is 4.99 Å². The van der Waals surface area contributed by atoms with Crippen LogP contribution in [0.25, 0.3) is 10.2 Å². The van der Waals surface area contributed by atoms with Crippen LogP contribution in [0.2, 0.25) is 5.02 Å². The highest BCUT2D eigenvalue weighted by Gasteiger charge is 2.34. The molecule has 1 amide bonds. The highest BCUT2D eigenvalue weighted by molar-refractivity contribution is 8.15. The number of amides is 1. The van der Waals surface area contributed by atoms with Crippen LogP contribution in [0.4, 0.5) is 5.13 Å². The third-order valence-electron chi connectivity index (χ3n) is 2.99. The van der Waals surface area contributed by atoms with Gasteiger partial charge in [-0.25, -0.2) is 4.98 Å². The van der Waals surface area contributed by atoms with Crippen molar-refractivity contribution in [2.24, 2.45) is 4.99 Å². The summed E-state index contributed by atoms with van der Waals surface area (Å²) in [4.78, 5) is 22.6. The number of rotatable bonds is 2. The summed E-state index contributed by atoms with van der Waals surface area (Å²) in [6.07, 6.45) is 0. The molecule has 0 saturated carbocycles. The molecule has 20 heavy (non-hydrogen) atoms. The number of aliphatic imine (C=N–C) groups is 1. The first-order valence-corrected chi connectivity index (χ1v) is 8.29. The Labute approximate surface area is 129 Å². The zero-order valence-corrected chi connectivity index (χ0v) is 13.3. The summed E-state index contributed by atoms with van der Waals surface area (Å²) < 4.78 is 1.00. The predicted octanol–water partition coefficient (Wildman–Crippen LogP) is 3.92. The molecule has 1 aliphatic rings. The van der Waals surface area contributed by atoms with Crippen molar-refractivity contribution in [1.82, 2.24) is 9.88 Å². The molecule has 2 aromatic rings. The normalized spacial score (nSPS) is 21.4. The summed E-state index contributed by atoms with van der Waals surface area (Å²) in [7, 11) is 0. The second-order valence-electron chi connectivity index (χ2n) is 4.32. The molecule has 0 radical (unpaired) electrons. The number of thiazole rings is 1. The molecular weight excluding hydrogens is 314 g/mol. The van der Waals surface area contributed by atoms with Gasteiger partial charge in [0.25, 0.3) is 0 Å². The van der Waals surface area contributed by atoms with Crippen LogP contribution in [0.15, 0.2) is 23.2 Å². The van der Waals surface area contributed by atoms with E-state index in [0.29, 0.717) is 16.7 Å². The van der Waals surface area contributed by atoms with Crippen molar-refractivity contribution in [2.75, 3.05) is 6.54 Å². The molecule has 4 nitrogen and oxygen atoms in total. The van der Waals surface area contributed by atoms with Gasteiger partial charge >= 0.3 is 0 Å². The second kappa shape index (κ2) is 5.35. The van der Waals surface area contributed by atoms with Crippen LogP contribution >= 0.6 is 34.7 Å². The number of benzene rings is 1. The van der Waals surface area contributed by atoms with Gasteiger partial charge < -0.3 is 0 Å². The van der Waals surface area contributed by atoms with E-state index in [2.05, 4.69) is 9.98 Å². The lowest BCUT2D eigenvalue weighted by Crippen LogP contribution is -2.30. The van der Waals surface area contributed by atoms with Gasteiger partial charge in [0.2, 0.25) is 11.0 Å². The van der Waals surface area contributed by atoms with Crippen LogP contribution in [0.3, 0.4) is 0 Å². The van der Waals surface area contributed by atoms with Crippen LogP contribution in [-0.4, -0.2) is 32.8 Å². The first-order valence-electron chi connectivity index (χ1n) is 6.22. The maximum absolute atomic E-state index is 11.9. The predicted molar refractivity (Wildman–Crippen MR) is 86.2 cm³/mol. The minimum atomic E-state index is -0.0772. The van der Waals surface area contributed by atoms with Crippen molar-refractivity contribution in [3.63, 3.8) is 0 Å². The van der Waals surface area contributed by atoms with E-state index in [1.165, 1.54) is 23.1 Å². The molecule has 1 saturated heterocycles. The van der Waals surface area contributed by atoms with Crippen molar-refractivity contribution >= 4 is 61.1 Å². The molecule has 0 aliphatic carbocycles. The van der Waals surface area contributed by atoms with Gasteiger partial charge in [-0.15, -0.1) is 0 Å². The van der Waals surface area contributed by atoms with E-state index < -0.39 is 0 Å². The third-order valence-corrected chi connectivity index (χ3v) is 5.29. The van der Waals surface area contributed by atoms with Crippen LogP contribution in [0.5, 0.6) is 0 Å². The molecule has 2 heterocycles. The zero-order chi connectivity index (χ0) is 14.3. The Hall–Kier alpha value is -1.11. The fourth-order valence-corrected chi connectivity index (χ4v) is 4.22. The van der Waals surface area contributed by atoms with Crippen LogP contribution in [0, 0.1) is 0 Å². The standard InChI is InChI=1S/C13H12ClN3OS2/c1-3-17-11(18)7(2)19-13(17)16-12-15-10-8(14)5-4-6-9(10)20-12/h4-7H,3H2,1-2H3/b16-13-. The van der Waals surface area contributed by atoms with Crippen LogP contribution in [-0.2, 0) is 4.79 Å². The zero-order valence-electron chi connectivity index (χ0n) is 11.0. The summed E-state index contributed by atoms with van der Waals surface area (Å²) in [5.41, 5.74) is 0.768. The lowest BCUT2D eigenvalue weighted by molar-refractivity contribution is -0.125. The van der Waals surface area contributed by atoms with Crippen molar-refractivity contribution < 1.29 is 4.79 Å². The molecular formula is C13H12ClN3OS2. The number of para-hydroxylation sites is 1. The molecule has 3 rings (SSSR count). The summed E-state index contributed by atoms with van der Waals surface area (Å²) in [5, 5.41) is 1.91. The van der Waals surface area contributed by atoms with Crippen molar-refractivity contribution in [3.05, 3.63) is 23.2 Å². The van der Waals surface area contributed by atoms with Crippen LogP contribution < -0.4 is 0 Å². The van der Waals surface area contributed by atoms with Crippen molar-refractivity contribution in [3.8, 4) is 0 Å².